The van der Waals surface area contributed by atoms with E-state index >= 15 is 0 Å². The van der Waals surface area contributed by atoms with E-state index < -0.39 is 21.6 Å². The molecule has 1 aromatic heterocycles. The second kappa shape index (κ2) is 8.34. The van der Waals surface area contributed by atoms with Gasteiger partial charge in [0.05, 0.1) is 31.6 Å². The molecule has 152 valence electrons. The van der Waals surface area contributed by atoms with Crippen molar-refractivity contribution in [1.82, 2.24) is 15.4 Å². The zero-order chi connectivity index (χ0) is 20.9. The molecule has 0 bridgehead atoms. The number of carbonyl (C=O) groups is 2. The third-order valence-corrected chi connectivity index (χ3v) is 5.38. The van der Waals surface area contributed by atoms with Gasteiger partial charge in [0.15, 0.2) is 0 Å². The average Bonchev–Trinajstić information content (AvgIpc) is 3.16. The fourth-order valence-corrected chi connectivity index (χ4v) is 3.72. The highest BCUT2D eigenvalue weighted by Gasteiger charge is 2.25. The van der Waals surface area contributed by atoms with Gasteiger partial charge in [-0.2, -0.15) is 0 Å². The number of carbonyl (C=O) groups excluding carboxylic acids is 2. The Kier molecular flexibility index (Phi) is 6.34. The van der Waals surface area contributed by atoms with Crippen molar-refractivity contribution in [3.63, 3.8) is 0 Å². The molecule has 0 unspecified atom stereocenters. The third kappa shape index (κ3) is 5.03. The number of sulfonamides is 1. The summed E-state index contributed by atoms with van der Waals surface area (Å²) in [6, 6.07) is 5.19. The van der Waals surface area contributed by atoms with E-state index in [-0.39, 0.29) is 23.0 Å². The SMILES string of the molecule is CNC(=O)NS(=O)(=O)c1cc(CC(=O)NC(C)(C)c2ccoc2)ccc1OC. The molecule has 3 amide bonds. The number of benzene rings is 1. The number of hydrogen-bond donors (Lipinski definition) is 3. The van der Waals surface area contributed by atoms with Crippen LogP contribution in [0.4, 0.5) is 4.79 Å². The molecule has 9 nitrogen and oxygen atoms in total. The summed E-state index contributed by atoms with van der Waals surface area (Å²) in [7, 11) is -1.56. The molecule has 0 spiro atoms. The van der Waals surface area contributed by atoms with Crippen molar-refractivity contribution >= 4 is 22.0 Å². The van der Waals surface area contributed by atoms with Crippen LogP contribution in [0.25, 0.3) is 0 Å². The summed E-state index contributed by atoms with van der Waals surface area (Å²) in [5.41, 5.74) is 0.582. The van der Waals surface area contributed by atoms with E-state index in [1.807, 2.05) is 18.6 Å². The Hall–Kier alpha value is -3.01. The number of methoxy groups -OCH3 is 1. The summed E-state index contributed by atoms with van der Waals surface area (Å²) in [6.45, 7) is 3.65. The van der Waals surface area contributed by atoms with Crippen LogP contribution in [0.1, 0.15) is 25.0 Å². The highest BCUT2D eigenvalue weighted by atomic mass is 32.2. The van der Waals surface area contributed by atoms with Crippen molar-refractivity contribution < 1.29 is 27.2 Å². The Morgan fingerprint density at radius 2 is 1.93 bits per heavy atom. The first-order chi connectivity index (χ1) is 13.1. The molecule has 0 aliphatic carbocycles. The van der Waals surface area contributed by atoms with E-state index in [2.05, 4.69) is 10.6 Å². The van der Waals surface area contributed by atoms with Crippen LogP contribution in [0, 0.1) is 0 Å². The number of hydrogen-bond acceptors (Lipinski definition) is 6. The number of nitrogens with one attached hydrogen (secondary N) is 3. The molecular formula is C18H23N3O6S. The van der Waals surface area contributed by atoms with E-state index in [4.69, 9.17) is 9.15 Å². The van der Waals surface area contributed by atoms with Crippen LogP contribution in [0.2, 0.25) is 0 Å². The zero-order valence-electron chi connectivity index (χ0n) is 16.0. The molecule has 0 saturated heterocycles. The molecule has 2 rings (SSSR count). The van der Waals surface area contributed by atoms with Crippen LogP contribution in [-0.4, -0.2) is 34.5 Å². The molecule has 0 aliphatic heterocycles. The van der Waals surface area contributed by atoms with Crippen LogP contribution < -0.4 is 20.1 Å². The molecular weight excluding hydrogens is 386 g/mol. The van der Waals surface area contributed by atoms with Crippen LogP contribution in [0.5, 0.6) is 5.75 Å². The van der Waals surface area contributed by atoms with Crippen LogP contribution in [0.3, 0.4) is 0 Å². The molecule has 28 heavy (non-hydrogen) atoms. The summed E-state index contributed by atoms with van der Waals surface area (Å²) in [6.07, 6.45) is 3.00. The van der Waals surface area contributed by atoms with Crippen molar-refractivity contribution in [2.45, 2.75) is 30.7 Å². The van der Waals surface area contributed by atoms with Gasteiger partial charge < -0.3 is 19.8 Å². The van der Waals surface area contributed by atoms with Crippen LogP contribution in [0.15, 0.2) is 46.1 Å². The lowest BCUT2D eigenvalue weighted by molar-refractivity contribution is -0.122. The monoisotopic (exact) mass is 409 g/mol. The van der Waals surface area contributed by atoms with Gasteiger partial charge in [-0.1, -0.05) is 6.07 Å². The zero-order valence-corrected chi connectivity index (χ0v) is 16.8. The molecule has 3 N–H and O–H groups in total. The molecule has 0 fully saturated rings. The molecule has 1 heterocycles. The number of furan rings is 1. The van der Waals surface area contributed by atoms with Crippen molar-refractivity contribution in [1.29, 1.82) is 0 Å². The average molecular weight is 409 g/mol. The van der Waals surface area contributed by atoms with Crippen molar-refractivity contribution in [2.75, 3.05) is 14.2 Å². The normalized spacial score (nSPS) is 11.6. The van der Waals surface area contributed by atoms with E-state index in [1.165, 1.54) is 32.6 Å². The van der Waals surface area contributed by atoms with Gasteiger partial charge in [-0.15, -0.1) is 0 Å². The van der Waals surface area contributed by atoms with Gasteiger partial charge in [0.2, 0.25) is 5.91 Å². The Labute approximate surface area is 163 Å². The summed E-state index contributed by atoms with van der Waals surface area (Å²) in [5.74, 6) is -0.252. The maximum absolute atomic E-state index is 12.5. The fourth-order valence-electron chi connectivity index (χ4n) is 2.54. The van der Waals surface area contributed by atoms with Crippen molar-refractivity contribution in [3.05, 3.63) is 47.9 Å². The Bertz CT molecular complexity index is 952. The van der Waals surface area contributed by atoms with Gasteiger partial charge in [0.1, 0.15) is 10.6 Å². The van der Waals surface area contributed by atoms with Gasteiger partial charge in [0, 0.05) is 12.6 Å². The number of rotatable bonds is 7. The van der Waals surface area contributed by atoms with E-state index in [1.54, 1.807) is 18.4 Å². The maximum Gasteiger partial charge on any atom is 0.328 e. The predicted octanol–water partition coefficient (Wildman–Crippen LogP) is 1.50. The first-order valence-corrected chi connectivity index (χ1v) is 9.82. The van der Waals surface area contributed by atoms with Crippen LogP contribution in [-0.2, 0) is 26.8 Å². The first-order valence-electron chi connectivity index (χ1n) is 8.34. The minimum Gasteiger partial charge on any atom is -0.495 e. The summed E-state index contributed by atoms with van der Waals surface area (Å²) >= 11 is 0. The molecule has 0 radical (unpaired) electrons. The van der Waals surface area contributed by atoms with E-state index in [0.717, 1.165) is 5.56 Å². The highest BCUT2D eigenvalue weighted by Crippen LogP contribution is 2.25. The topological polar surface area (TPSA) is 127 Å². The molecule has 1 aromatic carbocycles. The van der Waals surface area contributed by atoms with Gasteiger partial charge >= 0.3 is 6.03 Å². The second-order valence-corrected chi connectivity index (χ2v) is 8.18. The minimum atomic E-state index is -4.17. The highest BCUT2D eigenvalue weighted by molar-refractivity contribution is 7.90. The first kappa shape index (κ1) is 21.3. The molecule has 2 aromatic rings. The molecule has 0 atom stereocenters. The van der Waals surface area contributed by atoms with Gasteiger partial charge in [-0.3, -0.25) is 4.79 Å². The number of amides is 3. The Balaban J connectivity index is 2.23. The summed E-state index contributed by atoms with van der Waals surface area (Å²) in [4.78, 5) is 23.6. The van der Waals surface area contributed by atoms with Crippen molar-refractivity contribution in [3.8, 4) is 5.75 Å². The number of urea groups is 1. The van der Waals surface area contributed by atoms with Crippen LogP contribution >= 0.6 is 0 Å². The minimum absolute atomic E-state index is 0.0549. The molecule has 0 saturated carbocycles. The smallest absolute Gasteiger partial charge is 0.328 e. The lowest BCUT2D eigenvalue weighted by Crippen LogP contribution is -2.41. The van der Waals surface area contributed by atoms with Gasteiger partial charge in [-0.25, -0.2) is 17.9 Å². The fraction of sp³-hybridized carbons (Fsp3) is 0.333. The lowest BCUT2D eigenvalue weighted by Gasteiger charge is -2.25. The molecule has 0 aliphatic rings. The summed E-state index contributed by atoms with van der Waals surface area (Å²) in [5, 5.41) is 5.05. The van der Waals surface area contributed by atoms with Gasteiger partial charge in [0.25, 0.3) is 10.0 Å². The standard InChI is InChI=1S/C18H23N3O6S/c1-18(2,13-7-8-27-11-13)20-16(22)10-12-5-6-14(26-4)15(9-12)28(24,25)21-17(23)19-3/h5-9,11H,10H2,1-4H3,(H,20,22)(H2,19,21,23). The van der Waals surface area contributed by atoms with E-state index in [0.29, 0.717) is 5.56 Å². The molecule has 10 heteroatoms. The van der Waals surface area contributed by atoms with Gasteiger partial charge in [-0.05, 0) is 37.6 Å². The predicted molar refractivity (Wildman–Crippen MR) is 101 cm³/mol. The lowest BCUT2D eigenvalue weighted by atomic mass is 9.97. The Morgan fingerprint density at radius 1 is 1.21 bits per heavy atom. The van der Waals surface area contributed by atoms with E-state index in [9.17, 15) is 18.0 Å². The Morgan fingerprint density at radius 3 is 2.50 bits per heavy atom. The largest absolute Gasteiger partial charge is 0.495 e. The maximum atomic E-state index is 12.5. The summed E-state index contributed by atoms with van der Waals surface area (Å²) < 4.78 is 36.9. The van der Waals surface area contributed by atoms with Crippen molar-refractivity contribution in [2.24, 2.45) is 0 Å². The quantitative estimate of drug-likeness (QED) is 0.636. The third-order valence-electron chi connectivity index (χ3n) is 4.03. The second-order valence-electron chi connectivity index (χ2n) is 6.53. The number of ether oxygens (including phenoxy) is 1.